The molecule has 13 nitrogen and oxygen atoms in total. The summed E-state index contributed by atoms with van der Waals surface area (Å²) in [6.07, 6.45) is 14.4. The van der Waals surface area contributed by atoms with E-state index in [1.54, 1.807) is 27.6 Å². The van der Waals surface area contributed by atoms with Crippen molar-refractivity contribution in [3.63, 3.8) is 0 Å². The fourth-order valence-electron chi connectivity index (χ4n) is 15.0. The average Bonchev–Trinajstić information content (AvgIpc) is 3.46. The van der Waals surface area contributed by atoms with Crippen LogP contribution in [0, 0.1) is 39.5 Å². The zero-order chi connectivity index (χ0) is 59.2. The van der Waals surface area contributed by atoms with Gasteiger partial charge in [-0.25, -0.2) is 0 Å². The molecule has 10 heterocycles. The van der Waals surface area contributed by atoms with Gasteiger partial charge in [-0.05, 0) is 244 Å². The van der Waals surface area contributed by atoms with Crippen molar-refractivity contribution in [2.45, 2.75) is 180 Å². The lowest BCUT2D eigenvalue weighted by atomic mass is 9.88. The lowest BCUT2D eigenvalue weighted by Gasteiger charge is -2.32. The van der Waals surface area contributed by atoms with Crippen molar-refractivity contribution in [1.82, 2.24) is 39.8 Å². The molecule has 3 amide bonds. The van der Waals surface area contributed by atoms with E-state index in [-0.39, 0.29) is 23.7 Å². The topological polar surface area (TPSA) is 148 Å². The fourth-order valence-corrected chi connectivity index (χ4v) is 17.4. The Labute approximate surface area is 501 Å². The molecule has 0 aliphatic carbocycles. The summed E-state index contributed by atoms with van der Waals surface area (Å²) in [6.45, 7) is 22.5. The first-order valence-electron chi connectivity index (χ1n) is 31.2. The highest BCUT2D eigenvalue weighted by Crippen LogP contribution is 2.47. The third-order valence-corrected chi connectivity index (χ3v) is 22.3. The van der Waals surface area contributed by atoms with Gasteiger partial charge in [-0.2, -0.15) is 0 Å². The standard InChI is InChI=1S/C34H46N4O2S.C32H41N3O3S.C2H7N/c1-21-17-22(2)19-24(18-21)30-27(13-16-37-14-11-23(12-15-37)32(39)36(5)6)28-20-29(41-31(28)35-30)34(3,4)33(40)38-25-7-8-26(38)10-9-25;1-19-15-20(2)17-22(16-19)28-25(11-14-34-12-9-21(10-13-34)30(36)37)26-18-27(39-29(26)33-28)32(3,4)31(38)35-23-5-6-24(35)8-7-23;1-3-2/h17-20,23,25-26,35H,7-16H2,1-6H3;15-18,21,23-24,33H,5-14H2,1-4H3,(H,36,37);3H,1-2H3. The highest BCUT2D eigenvalue weighted by Gasteiger charge is 2.49. The van der Waals surface area contributed by atoms with Gasteiger partial charge in [0.2, 0.25) is 17.7 Å². The van der Waals surface area contributed by atoms with Gasteiger partial charge in [-0.3, -0.25) is 19.2 Å². The first-order valence-corrected chi connectivity index (χ1v) is 32.8. The van der Waals surface area contributed by atoms with E-state index >= 15 is 0 Å². The maximum atomic E-state index is 13.9. The van der Waals surface area contributed by atoms with Gasteiger partial charge in [0, 0.05) is 77.8 Å². The number of H-pyrrole nitrogens is 2. The highest BCUT2D eigenvalue weighted by molar-refractivity contribution is 7.19. The van der Waals surface area contributed by atoms with Crippen molar-refractivity contribution in [2.24, 2.45) is 11.8 Å². The van der Waals surface area contributed by atoms with E-state index in [1.807, 2.05) is 28.2 Å². The van der Waals surface area contributed by atoms with Gasteiger partial charge in [0.15, 0.2) is 0 Å². The van der Waals surface area contributed by atoms with Crippen LogP contribution >= 0.6 is 22.7 Å². The molecule has 12 rings (SSSR count). The molecule has 0 atom stereocenters. The number of benzene rings is 2. The zero-order valence-corrected chi connectivity index (χ0v) is 53.5. The lowest BCUT2D eigenvalue weighted by Crippen LogP contribution is -2.45. The molecule has 0 radical (unpaired) electrons. The Hall–Kier alpha value is -5.32. The molecular weight excluding hydrogens is 1070 g/mol. The number of aromatic amines is 2. The minimum atomic E-state index is -0.663. The van der Waals surface area contributed by atoms with Crippen LogP contribution < -0.4 is 5.32 Å². The van der Waals surface area contributed by atoms with Crippen LogP contribution in [0.2, 0.25) is 0 Å². The molecule has 2 aromatic carbocycles. The van der Waals surface area contributed by atoms with E-state index in [1.165, 1.54) is 97.2 Å². The van der Waals surface area contributed by atoms with Crippen LogP contribution in [0.1, 0.15) is 148 Å². The third-order valence-electron chi connectivity index (χ3n) is 19.6. The van der Waals surface area contributed by atoms with Gasteiger partial charge in [0.1, 0.15) is 9.66 Å². The Kier molecular flexibility index (Phi) is 18.3. The van der Waals surface area contributed by atoms with E-state index in [9.17, 15) is 24.3 Å². The molecule has 0 unspecified atom stereocenters. The predicted octanol–water partition coefficient (Wildman–Crippen LogP) is 12.4. The number of carboxylic acid groups (broad SMARTS) is 1. The van der Waals surface area contributed by atoms with Crippen molar-refractivity contribution in [3.8, 4) is 22.5 Å². The molecule has 0 spiro atoms. The minimum Gasteiger partial charge on any atom is -0.481 e. The van der Waals surface area contributed by atoms with Gasteiger partial charge in [0.05, 0.1) is 28.1 Å². The number of hydrogen-bond donors (Lipinski definition) is 4. The second kappa shape index (κ2) is 24.9. The quantitative estimate of drug-likeness (QED) is 0.0843. The van der Waals surface area contributed by atoms with Crippen LogP contribution in [0.4, 0.5) is 0 Å². The second-order valence-corrected chi connectivity index (χ2v) is 28.9. The molecule has 6 aliphatic heterocycles. The Balaban J connectivity index is 0.000000177. The van der Waals surface area contributed by atoms with E-state index in [0.29, 0.717) is 30.1 Å². The number of thiophene rings is 2. The number of nitrogens with zero attached hydrogens (tertiary/aromatic N) is 5. The molecule has 448 valence electrons. The highest BCUT2D eigenvalue weighted by atomic mass is 32.1. The summed E-state index contributed by atoms with van der Waals surface area (Å²) >= 11 is 3.50. The molecule has 4 N–H and O–H groups in total. The van der Waals surface area contributed by atoms with Crippen LogP contribution in [-0.2, 0) is 42.8 Å². The number of carboxylic acids is 1. The molecule has 6 aliphatic rings. The number of amides is 3. The molecule has 0 saturated carbocycles. The van der Waals surface area contributed by atoms with E-state index in [0.717, 1.165) is 118 Å². The normalized spacial score (nSPS) is 21.4. The molecule has 6 fully saturated rings. The number of rotatable bonds is 14. The van der Waals surface area contributed by atoms with Crippen molar-refractivity contribution in [2.75, 3.05) is 67.5 Å². The van der Waals surface area contributed by atoms with Crippen LogP contribution in [0.3, 0.4) is 0 Å². The first kappa shape index (κ1) is 60.8. The summed E-state index contributed by atoms with van der Waals surface area (Å²) in [5.74, 6) is 0.126. The Morgan fingerprint density at radius 3 is 1.18 bits per heavy atom. The molecule has 15 heteroatoms. The van der Waals surface area contributed by atoms with E-state index < -0.39 is 16.8 Å². The molecular formula is C68H94N8O5S2. The van der Waals surface area contributed by atoms with Crippen molar-refractivity contribution in [3.05, 3.63) is 91.7 Å². The van der Waals surface area contributed by atoms with Crippen LogP contribution in [0.15, 0.2) is 48.5 Å². The number of nitrogens with one attached hydrogen (secondary N) is 3. The van der Waals surface area contributed by atoms with Gasteiger partial charge >= 0.3 is 5.97 Å². The number of aliphatic carboxylic acids is 1. The lowest BCUT2D eigenvalue weighted by molar-refractivity contribution is -0.143. The van der Waals surface area contributed by atoms with Crippen molar-refractivity contribution in [1.29, 1.82) is 0 Å². The first-order chi connectivity index (χ1) is 39.5. The van der Waals surface area contributed by atoms with Gasteiger partial charge in [-0.1, -0.05) is 34.4 Å². The molecule has 4 aromatic heterocycles. The number of piperidine rings is 2. The van der Waals surface area contributed by atoms with Crippen molar-refractivity contribution >= 4 is 66.8 Å². The average molecular weight is 1170 g/mol. The Morgan fingerprint density at radius 1 is 0.542 bits per heavy atom. The monoisotopic (exact) mass is 1170 g/mol. The summed E-state index contributed by atoms with van der Waals surface area (Å²) < 4.78 is 0. The minimum absolute atomic E-state index is 0.149. The number of aryl methyl sites for hydroxylation is 4. The van der Waals surface area contributed by atoms with Crippen molar-refractivity contribution < 1.29 is 24.3 Å². The van der Waals surface area contributed by atoms with Gasteiger partial charge in [0.25, 0.3) is 0 Å². The maximum absolute atomic E-state index is 13.9. The Bertz CT molecular complexity index is 3250. The molecule has 6 aromatic rings. The Morgan fingerprint density at radius 2 is 0.867 bits per heavy atom. The summed E-state index contributed by atoms with van der Waals surface area (Å²) in [7, 11) is 7.47. The number of aromatic nitrogens is 2. The van der Waals surface area contributed by atoms with Crippen LogP contribution in [0.5, 0.6) is 0 Å². The van der Waals surface area contributed by atoms with Crippen LogP contribution in [-0.4, -0.2) is 155 Å². The zero-order valence-electron chi connectivity index (χ0n) is 51.9. The second-order valence-electron chi connectivity index (χ2n) is 26.8. The molecule has 83 heavy (non-hydrogen) atoms. The summed E-state index contributed by atoms with van der Waals surface area (Å²) in [4.78, 5) is 75.0. The fraction of sp³-hybridized carbons (Fsp3) is 0.588. The summed E-state index contributed by atoms with van der Waals surface area (Å²) in [5, 5.41) is 14.6. The molecule has 4 bridgehead atoms. The maximum Gasteiger partial charge on any atom is 0.306 e. The summed E-state index contributed by atoms with van der Waals surface area (Å²) in [6, 6.07) is 19.9. The van der Waals surface area contributed by atoms with Crippen LogP contribution in [0.25, 0.3) is 42.9 Å². The number of hydrogen-bond acceptors (Lipinski definition) is 9. The van der Waals surface area contributed by atoms with Gasteiger partial charge in [-0.15, -0.1) is 22.7 Å². The predicted molar refractivity (Wildman–Crippen MR) is 341 cm³/mol. The number of carbonyl (C=O) groups excluding carboxylic acids is 3. The largest absolute Gasteiger partial charge is 0.481 e. The van der Waals surface area contributed by atoms with E-state index in [2.05, 4.69) is 139 Å². The third kappa shape index (κ3) is 12.5. The van der Waals surface area contributed by atoms with Gasteiger partial charge < -0.3 is 44.9 Å². The van der Waals surface area contributed by atoms with E-state index in [4.69, 9.17) is 0 Å². The SMILES string of the molecule is CNC.Cc1cc(C)cc(-c2[nH]c3sc(C(C)(C)C(=O)N4C5CCC4CC5)cc3c2CCN2CCC(C(=O)N(C)C)CC2)c1.Cc1cc(C)cc(-c2[nH]c3sc(C(C)(C)C(=O)N4C5CCC4CC5)cc3c2CCN2CCC(C(=O)O)CC2)c1. The smallest absolute Gasteiger partial charge is 0.306 e. The number of likely N-dealkylation sites (tertiary alicyclic amines) is 2. The number of fused-ring (bicyclic) bond motifs is 6. The molecule has 6 saturated heterocycles. The number of carbonyl (C=O) groups is 4. The summed E-state index contributed by atoms with van der Waals surface area (Å²) in [5.41, 5.74) is 11.4.